The summed E-state index contributed by atoms with van der Waals surface area (Å²) in [6, 6.07) is 6.69. The number of rotatable bonds is 4. The number of alkyl halides is 3. The summed E-state index contributed by atoms with van der Waals surface area (Å²) in [5.74, 6) is 0.226. The van der Waals surface area contributed by atoms with Gasteiger partial charge in [-0.2, -0.15) is 13.2 Å². The molecule has 17 heavy (non-hydrogen) atoms. The number of para-hydroxylation sites is 1. The van der Waals surface area contributed by atoms with Crippen molar-refractivity contribution in [3.05, 3.63) is 29.8 Å². The maximum atomic E-state index is 12.1. The normalized spacial score (nSPS) is 15.7. The van der Waals surface area contributed by atoms with Gasteiger partial charge in [-0.15, -0.1) is 0 Å². The smallest absolute Gasteiger partial charge is 0.376 e. The molecule has 0 atom stereocenters. The van der Waals surface area contributed by atoms with Gasteiger partial charge < -0.3 is 10.7 Å². The topological polar surface area (TPSA) is 35.9 Å². The largest absolute Gasteiger partial charge is 0.405 e. The molecule has 92 valence electrons. The van der Waals surface area contributed by atoms with Crippen LogP contribution in [0.4, 0.5) is 18.9 Å². The molecule has 0 aliphatic heterocycles. The van der Waals surface area contributed by atoms with Crippen molar-refractivity contribution in [2.45, 2.75) is 19.0 Å². The van der Waals surface area contributed by atoms with Gasteiger partial charge in [0.25, 0.3) is 0 Å². The lowest BCUT2D eigenvalue weighted by Crippen LogP contribution is -2.22. The average Bonchev–Trinajstić information content (AvgIpc) is 3.08. The Morgan fingerprint density at radius 1 is 1.29 bits per heavy atom. The molecule has 0 bridgehead atoms. The number of hydrogen-bond acceptors (Lipinski definition) is 2. The average molecular weight is 242 g/mol. The second kappa shape index (κ2) is 4.39. The Bertz CT molecular complexity index is 422. The number of anilines is 1. The van der Waals surface area contributed by atoms with Crippen molar-refractivity contribution in [3.8, 4) is 0 Å². The SMILES string of the molecule is N=C(c1ccccc1NCC(F)(F)F)C1CC1. The minimum atomic E-state index is -4.24. The van der Waals surface area contributed by atoms with Crippen molar-refractivity contribution in [1.82, 2.24) is 0 Å². The lowest BCUT2D eigenvalue weighted by atomic mass is 10.0. The first-order chi connectivity index (χ1) is 7.97. The standard InChI is InChI=1S/C12H13F3N2/c13-12(14,15)7-17-10-4-2-1-3-9(10)11(16)8-5-6-8/h1-4,8,16-17H,5-7H2. The molecule has 1 aliphatic carbocycles. The summed E-state index contributed by atoms with van der Waals surface area (Å²) >= 11 is 0. The van der Waals surface area contributed by atoms with Crippen LogP contribution in [-0.2, 0) is 0 Å². The second-order valence-corrected chi connectivity index (χ2v) is 4.20. The molecule has 5 heteroatoms. The highest BCUT2D eigenvalue weighted by Crippen LogP contribution is 2.34. The van der Waals surface area contributed by atoms with Gasteiger partial charge in [0.2, 0.25) is 0 Å². The Labute approximate surface area is 97.3 Å². The highest BCUT2D eigenvalue weighted by atomic mass is 19.4. The van der Waals surface area contributed by atoms with Gasteiger partial charge in [0.15, 0.2) is 0 Å². The maximum absolute atomic E-state index is 12.1. The van der Waals surface area contributed by atoms with Crippen molar-refractivity contribution in [2.24, 2.45) is 5.92 Å². The van der Waals surface area contributed by atoms with Crippen molar-refractivity contribution in [3.63, 3.8) is 0 Å². The van der Waals surface area contributed by atoms with Gasteiger partial charge in [0.1, 0.15) is 6.54 Å². The van der Waals surface area contributed by atoms with E-state index in [-0.39, 0.29) is 5.92 Å². The van der Waals surface area contributed by atoms with Crippen LogP contribution in [0, 0.1) is 11.3 Å². The minimum Gasteiger partial charge on any atom is -0.376 e. The monoisotopic (exact) mass is 242 g/mol. The molecule has 1 aromatic rings. The van der Waals surface area contributed by atoms with E-state index in [0.717, 1.165) is 12.8 Å². The Morgan fingerprint density at radius 3 is 2.53 bits per heavy atom. The predicted octanol–water partition coefficient (Wildman–Crippen LogP) is 3.44. The molecule has 0 amide bonds. The minimum absolute atomic E-state index is 0.226. The van der Waals surface area contributed by atoms with Crippen LogP contribution in [0.3, 0.4) is 0 Å². The first-order valence-corrected chi connectivity index (χ1v) is 5.46. The first kappa shape index (κ1) is 12.0. The molecule has 0 heterocycles. The quantitative estimate of drug-likeness (QED) is 0.779. The fourth-order valence-electron chi connectivity index (χ4n) is 1.66. The summed E-state index contributed by atoms with van der Waals surface area (Å²) in [7, 11) is 0. The molecule has 2 N–H and O–H groups in total. The Morgan fingerprint density at radius 2 is 1.94 bits per heavy atom. The number of halogens is 3. The number of nitrogens with one attached hydrogen (secondary N) is 2. The van der Waals surface area contributed by atoms with E-state index in [1.807, 2.05) is 0 Å². The van der Waals surface area contributed by atoms with Crippen LogP contribution in [0.15, 0.2) is 24.3 Å². The molecule has 2 nitrogen and oxygen atoms in total. The van der Waals surface area contributed by atoms with Crippen molar-refractivity contribution in [1.29, 1.82) is 5.41 Å². The number of benzene rings is 1. The summed E-state index contributed by atoms with van der Waals surface area (Å²) in [5.41, 5.74) is 1.41. The summed E-state index contributed by atoms with van der Waals surface area (Å²) in [6.45, 7) is -1.07. The Balaban J connectivity index is 2.13. The molecule has 1 fully saturated rings. The van der Waals surface area contributed by atoms with E-state index in [1.165, 1.54) is 0 Å². The van der Waals surface area contributed by atoms with Gasteiger partial charge in [-0.1, -0.05) is 18.2 Å². The lowest BCUT2D eigenvalue weighted by molar-refractivity contribution is -0.115. The molecular weight excluding hydrogens is 229 g/mol. The third-order valence-corrected chi connectivity index (χ3v) is 2.68. The Kier molecular flexibility index (Phi) is 3.09. The van der Waals surface area contributed by atoms with E-state index in [9.17, 15) is 13.2 Å². The lowest BCUT2D eigenvalue weighted by Gasteiger charge is -2.14. The van der Waals surface area contributed by atoms with E-state index < -0.39 is 12.7 Å². The van der Waals surface area contributed by atoms with Gasteiger partial charge in [-0.25, -0.2) is 0 Å². The highest BCUT2D eigenvalue weighted by molar-refractivity contribution is 6.05. The second-order valence-electron chi connectivity index (χ2n) is 4.20. The van der Waals surface area contributed by atoms with Crippen LogP contribution in [0.1, 0.15) is 18.4 Å². The zero-order chi connectivity index (χ0) is 12.5. The van der Waals surface area contributed by atoms with E-state index >= 15 is 0 Å². The molecule has 0 radical (unpaired) electrons. The van der Waals surface area contributed by atoms with Gasteiger partial charge in [0, 0.05) is 22.9 Å². The first-order valence-electron chi connectivity index (χ1n) is 5.46. The molecule has 1 aliphatic rings. The van der Waals surface area contributed by atoms with Crippen molar-refractivity contribution in [2.75, 3.05) is 11.9 Å². The van der Waals surface area contributed by atoms with Gasteiger partial charge in [-0.3, -0.25) is 0 Å². The zero-order valence-electron chi connectivity index (χ0n) is 9.14. The predicted molar refractivity (Wildman–Crippen MR) is 60.5 cm³/mol. The molecule has 2 rings (SSSR count). The maximum Gasteiger partial charge on any atom is 0.405 e. The summed E-state index contributed by atoms with van der Waals surface area (Å²) in [4.78, 5) is 0. The molecule has 1 saturated carbocycles. The Hall–Kier alpha value is -1.52. The highest BCUT2D eigenvalue weighted by Gasteiger charge is 2.30. The van der Waals surface area contributed by atoms with Crippen molar-refractivity contribution >= 4 is 11.4 Å². The van der Waals surface area contributed by atoms with E-state index in [4.69, 9.17) is 5.41 Å². The van der Waals surface area contributed by atoms with Crippen LogP contribution in [0.25, 0.3) is 0 Å². The molecular formula is C12H13F3N2. The van der Waals surface area contributed by atoms with Crippen molar-refractivity contribution < 1.29 is 13.2 Å². The summed E-state index contributed by atoms with van der Waals surface area (Å²) in [6.07, 6.45) is -2.31. The third-order valence-electron chi connectivity index (χ3n) is 2.68. The van der Waals surface area contributed by atoms with Crippen LogP contribution < -0.4 is 5.32 Å². The molecule has 0 saturated heterocycles. The van der Waals surface area contributed by atoms with Gasteiger partial charge in [-0.05, 0) is 18.9 Å². The fraction of sp³-hybridized carbons (Fsp3) is 0.417. The molecule has 0 aromatic heterocycles. The van der Waals surface area contributed by atoms with Gasteiger partial charge in [0.05, 0.1) is 0 Å². The van der Waals surface area contributed by atoms with E-state index in [0.29, 0.717) is 17.0 Å². The molecule has 0 spiro atoms. The van der Waals surface area contributed by atoms with Crippen LogP contribution >= 0.6 is 0 Å². The zero-order valence-corrected chi connectivity index (χ0v) is 9.14. The summed E-state index contributed by atoms with van der Waals surface area (Å²) in [5, 5.41) is 10.3. The van der Waals surface area contributed by atoms with Gasteiger partial charge >= 0.3 is 6.18 Å². The molecule has 1 aromatic carbocycles. The number of hydrogen-bond donors (Lipinski definition) is 2. The molecule has 0 unspecified atom stereocenters. The third kappa shape index (κ3) is 3.22. The van der Waals surface area contributed by atoms with Crippen LogP contribution in [0.2, 0.25) is 0 Å². The van der Waals surface area contributed by atoms with E-state index in [2.05, 4.69) is 5.32 Å². The van der Waals surface area contributed by atoms with Crippen LogP contribution in [-0.4, -0.2) is 18.4 Å². The fourth-order valence-corrected chi connectivity index (χ4v) is 1.66. The summed E-state index contributed by atoms with van der Waals surface area (Å²) < 4.78 is 36.4. The van der Waals surface area contributed by atoms with Crippen LogP contribution in [0.5, 0.6) is 0 Å². The van der Waals surface area contributed by atoms with E-state index in [1.54, 1.807) is 24.3 Å².